The van der Waals surface area contributed by atoms with Crippen LogP contribution < -0.4 is 15.4 Å². The Hall–Kier alpha value is -2.85. The second kappa shape index (κ2) is 12.6. The highest BCUT2D eigenvalue weighted by molar-refractivity contribution is 5.99. The van der Waals surface area contributed by atoms with E-state index in [2.05, 4.69) is 10.6 Å². The molecule has 0 fully saturated rings. The summed E-state index contributed by atoms with van der Waals surface area (Å²) >= 11 is 0. The van der Waals surface area contributed by atoms with E-state index >= 15 is 0 Å². The number of amides is 4. The highest BCUT2D eigenvalue weighted by Crippen LogP contribution is 2.26. The van der Waals surface area contributed by atoms with Crippen molar-refractivity contribution in [3.05, 3.63) is 23.8 Å². The van der Waals surface area contributed by atoms with Crippen LogP contribution in [-0.4, -0.2) is 93.4 Å². The lowest BCUT2D eigenvalue weighted by molar-refractivity contribution is -0.119. The Morgan fingerprint density at radius 2 is 1.91 bits per heavy atom. The molecule has 1 aliphatic rings. The van der Waals surface area contributed by atoms with E-state index < -0.39 is 0 Å². The van der Waals surface area contributed by atoms with Gasteiger partial charge < -0.3 is 34.6 Å². The minimum Gasteiger partial charge on any atom is -0.491 e. The van der Waals surface area contributed by atoms with Gasteiger partial charge in [-0.3, -0.25) is 9.59 Å². The summed E-state index contributed by atoms with van der Waals surface area (Å²) in [5, 5.41) is 5.67. The zero-order chi connectivity index (χ0) is 25.4. The van der Waals surface area contributed by atoms with E-state index in [-0.39, 0.29) is 55.2 Å². The molecule has 2 rings (SSSR count). The minimum atomic E-state index is -0.328. The van der Waals surface area contributed by atoms with Crippen molar-refractivity contribution < 1.29 is 28.6 Å². The first kappa shape index (κ1) is 27.4. The number of nitrogens with zero attached hydrogens (tertiary/aromatic N) is 2. The first-order valence-electron chi connectivity index (χ1n) is 11.5. The highest BCUT2D eigenvalue weighted by Gasteiger charge is 2.30. The molecule has 34 heavy (non-hydrogen) atoms. The van der Waals surface area contributed by atoms with Gasteiger partial charge in [0.1, 0.15) is 19.0 Å². The molecule has 0 aromatic heterocycles. The molecule has 1 aromatic rings. The SMILES string of the molecule is COCC(=O)Nc1ccc2c(c1)C(=O)N(C)C[C@H](OC)[C@H](C)CN(C(=O)NC(C)C)[C@H](C)CO2. The van der Waals surface area contributed by atoms with Crippen LogP contribution in [-0.2, 0) is 14.3 Å². The Bertz CT molecular complexity index is 862. The average Bonchev–Trinajstić information content (AvgIpc) is 2.77. The van der Waals surface area contributed by atoms with E-state index in [1.54, 1.807) is 42.2 Å². The molecule has 0 radical (unpaired) electrons. The molecule has 1 aromatic carbocycles. The fourth-order valence-corrected chi connectivity index (χ4v) is 3.80. The zero-order valence-corrected chi connectivity index (χ0v) is 21.2. The van der Waals surface area contributed by atoms with E-state index in [9.17, 15) is 14.4 Å². The van der Waals surface area contributed by atoms with Gasteiger partial charge in [-0.25, -0.2) is 4.79 Å². The van der Waals surface area contributed by atoms with Gasteiger partial charge in [0.2, 0.25) is 5.91 Å². The van der Waals surface area contributed by atoms with Crippen molar-refractivity contribution in [3.63, 3.8) is 0 Å². The zero-order valence-electron chi connectivity index (χ0n) is 21.2. The summed E-state index contributed by atoms with van der Waals surface area (Å²) in [6.45, 7) is 8.60. The van der Waals surface area contributed by atoms with Gasteiger partial charge in [-0.05, 0) is 39.0 Å². The molecule has 0 saturated carbocycles. The minimum absolute atomic E-state index is 0.00764. The van der Waals surface area contributed by atoms with Crippen molar-refractivity contribution in [1.29, 1.82) is 0 Å². The number of ether oxygens (including phenoxy) is 3. The molecule has 0 aliphatic carbocycles. The van der Waals surface area contributed by atoms with Crippen molar-refractivity contribution in [3.8, 4) is 5.75 Å². The predicted molar refractivity (Wildman–Crippen MR) is 129 cm³/mol. The van der Waals surface area contributed by atoms with Crippen LogP contribution in [0.25, 0.3) is 0 Å². The number of carbonyl (C=O) groups is 3. The van der Waals surface area contributed by atoms with Gasteiger partial charge >= 0.3 is 6.03 Å². The maximum atomic E-state index is 13.3. The van der Waals surface area contributed by atoms with E-state index in [0.717, 1.165) is 0 Å². The van der Waals surface area contributed by atoms with Gasteiger partial charge in [0.25, 0.3) is 5.91 Å². The van der Waals surface area contributed by atoms with Crippen molar-refractivity contribution in [2.75, 3.05) is 52.9 Å². The van der Waals surface area contributed by atoms with Crippen LogP contribution in [0, 0.1) is 5.92 Å². The number of nitrogens with one attached hydrogen (secondary N) is 2. The largest absolute Gasteiger partial charge is 0.491 e. The summed E-state index contributed by atoms with van der Waals surface area (Å²) in [5.41, 5.74) is 0.770. The monoisotopic (exact) mass is 478 g/mol. The van der Waals surface area contributed by atoms with Gasteiger partial charge in [-0.15, -0.1) is 0 Å². The van der Waals surface area contributed by atoms with Crippen LogP contribution in [0.1, 0.15) is 38.1 Å². The topological polar surface area (TPSA) is 109 Å². The Labute approximate surface area is 201 Å². The molecular weight excluding hydrogens is 440 g/mol. The fourth-order valence-electron chi connectivity index (χ4n) is 3.80. The lowest BCUT2D eigenvalue weighted by Gasteiger charge is -2.36. The van der Waals surface area contributed by atoms with Gasteiger partial charge in [-0.2, -0.15) is 0 Å². The summed E-state index contributed by atoms with van der Waals surface area (Å²) in [7, 11) is 4.73. The van der Waals surface area contributed by atoms with E-state index in [1.165, 1.54) is 7.11 Å². The summed E-state index contributed by atoms with van der Waals surface area (Å²) in [6.07, 6.45) is -0.288. The van der Waals surface area contributed by atoms with Crippen molar-refractivity contribution in [1.82, 2.24) is 15.1 Å². The Morgan fingerprint density at radius 1 is 1.21 bits per heavy atom. The molecule has 10 nitrogen and oxygen atoms in total. The van der Waals surface area contributed by atoms with E-state index in [1.807, 2.05) is 27.7 Å². The fraction of sp³-hybridized carbons (Fsp3) is 0.625. The summed E-state index contributed by atoms with van der Waals surface area (Å²) < 4.78 is 16.6. The molecule has 10 heteroatoms. The molecule has 190 valence electrons. The quantitative estimate of drug-likeness (QED) is 0.672. The Balaban J connectivity index is 2.42. The molecule has 0 bridgehead atoms. The van der Waals surface area contributed by atoms with Crippen LogP contribution in [0.15, 0.2) is 18.2 Å². The molecule has 1 heterocycles. The van der Waals surface area contributed by atoms with Gasteiger partial charge in [0, 0.05) is 52.0 Å². The molecule has 0 unspecified atom stereocenters. The van der Waals surface area contributed by atoms with Crippen molar-refractivity contribution >= 4 is 23.5 Å². The first-order valence-corrected chi connectivity index (χ1v) is 11.5. The van der Waals surface area contributed by atoms with Crippen LogP contribution in [0.5, 0.6) is 5.75 Å². The number of rotatable bonds is 5. The lowest BCUT2D eigenvalue weighted by atomic mass is 10.0. The molecule has 3 atom stereocenters. The number of urea groups is 1. The third kappa shape index (κ3) is 7.33. The number of likely N-dealkylation sites (N-methyl/N-ethyl adjacent to an activating group) is 1. The standard InChI is InChI=1S/C24H38N4O6/c1-15(2)25-24(31)28-11-16(3)21(33-7)12-27(5)23(30)19-10-18(26-22(29)14-32-6)8-9-20(19)34-13-17(28)4/h8-10,15-17,21H,11-14H2,1-7H3,(H,25,31)(H,26,29)/t16-,17-,21+/m1/s1. The van der Waals surface area contributed by atoms with E-state index in [0.29, 0.717) is 30.1 Å². The lowest BCUT2D eigenvalue weighted by Crippen LogP contribution is -2.52. The molecule has 2 N–H and O–H groups in total. The molecule has 0 spiro atoms. The summed E-state index contributed by atoms with van der Waals surface area (Å²) in [6, 6.07) is 4.46. The van der Waals surface area contributed by atoms with Crippen LogP contribution in [0.4, 0.5) is 10.5 Å². The number of benzene rings is 1. The number of hydrogen-bond acceptors (Lipinski definition) is 6. The Kier molecular flexibility index (Phi) is 10.1. The average molecular weight is 479 g/mol. The van der Waals surface area contributed by atoms with Crippen LogP contribution in [0.2, 0.25) is 0 Å². The molecule has 0 saturated heterocycles. The van der Waals surface area contributed by atoms with Crippen LogP contribution in [0.3, 0.4) is 0 Å². The van der Waals surface area contributed by atoms with Crippen molar-refractivity contribution in [2.45, 2.75) is 45.9 Å². The molecule has 1 aliphatic heterocycles. The second-order valence-corrected chi connectivity index (χ2v) is 9.05. The first-order chi connectivity index (χ1) is 16.1. The predicted octanol–water partition coefficient (Wildman–Crippen LogP) is 2.20. The number of anilines is 1. The van der Waals surface area contributed by atoms with Crippen molar-refractivity contribution in [2.24, 2.45) is 5.92 Å². The number of methoxy groups -OCH3 is 2. The van der Waals surface area contributed by atoms with Gasteiger partial charge in [0.05, 0.1) is 17.7 Å². The molecular formula is C24H38N4O6. The van der Waals surface area contributed by atoms with Gasteiger partial charge in [-0.1, -0.05) is 6.92 Å². The normalized spacial score (nSPS) is 21.8. The smallest absolute Gasteiger partial charge is 0.317 e. The van der Waals surface area contributed by atoms with Gasteiger partial charge in [0.15, 0.2) is 0 Å². The number of hydrogen-bond donors (Lipinski definition) is 2. The summed E-state index contributed by atoms with van der Waals surface area (Å²) in [5.74, 6) is -0.250. The third-order valence-electron chi connectivity index (χ3n) is 5.68. The van der Waals surface area contributed by atoms with E-state index in [4.69, 9.17) is 14.2 Å². The van der Waals surface area contributed by atoms with Crippen LogP contribution >= 0.6 is 0 Å². The maximum Gasteiger partial charge on any atom is 0.317 e. The summed E-state index contributed by atoms with van der Waals surface area (Å²) in [4.78, 5) is 41.5. The Morgan fingerprint density at radius 3 is 2.53 bits per heavy atom. The second-order valence-electron chi connectivity index (χ2n) is 9.05. The number of carbonyl (C=O) groups excluding carboxylic acids is 3. The maximum absolute atomic E-state index is 13.3. The number of fused-ring (bicyclic) bond motifs is 1. The molecule has 4 amide bonds. The third-order valence-corrected chi connectivity index (χ3v) is 5.68. The highest BCUT2D eigenvalue weighted by atomic mass is 16.5.